The Morgan fingerprint density at radius 3 is 2.31 bits per heavy atom. The van der Waals surface area contributed by atoms with Gasteiger partial charge in [0.1, 0.15) is 0 Å². The number of hydrogen-bond donors (Lipinski definition) is 2. The summed E-state index contributed by atoms with van der Waals surface area (Å²) in [5, 5.41) is 3.07. The molecule has 4 aromatic rings. The van der Waals surface area contributed by atoms with Gasteiger partial charge in [-0.25, -0.2) is 4.79 Å². The number of ketones is 2. The SMILES string of the molecule is Cc1ccccc1Nc1nc(N)nc(COC(=O)c2cccc3c2C(=O)c2ccccc2C3=O)n1. The normalized spacial score (nSPS) is 12.0. The lowest BCUT2D eigenvalue weighted by Crippen LogP contribution is -2.24. The number of anilines is 3. The lowest BCUT2D eigenvalue weighted by molar-refractivity contribution is 0.0459. The van der Waals surface area contributed by atoms with Crippen molar-refractivity contribution in [1.82, 2.24) is 15.0 Å². The molecule has 0 aliphatic heterocycles. The summed E-state index contributed by atoms with van der Waals surface area (Å²) in [6, 6.07) is 18.6. The Labute approximate surface area is 200 Å². The summed E-state index contributed by atoms with van der Waals surface area (Å²) in [5.41, 5.74) is 8.33. The van der Waals surface area contributed by atoms with Crippen molar-refractivity contribution in [2.75, 3.05) is 11.1 Å². The van der Waals surface area contributed by atoms with Crippen molar-refractivity contribution in [1.29, 1.82) is 0 Å². The highest BCUT2D eigenvalue weighted by molar-refractivity contribution is 6.30. The van der Waals surface area contributed by atoms with E-state index in [9.17, 15) is 14.4 Å². The number of carbonyl (C=O) groups is 3. The number of esters is 1. The van der Waals surface area contributed by atoms with Gasteiger partial charge in [0.15, 0.2) is 24.0 Å². The first-order valence-electron chi connectivity index (χ1n) is 10.7. The molecule has 35 heavy (non-hydrogen) atoms. The maximum Gasteiger partial charge on any atom is 0.339 e. The van der Waals surface area contributed by atoms with E-state index in [-0.39, 0.29) is 52.4 Å². The van der Waals surface area contributed by atoms with E-state index in [1.54, 1.807) is 30.3 Å². The third kappa shape index (κ3) is 4.10. The second-order valence-corrected chi connectivity index (χ2v) is 7.88. The minimum absolute atomic E-state index is 0.00404. The van der Waals surface area contributed by atoms with Crippen LogP contribution in [0.2, 0.25) is 0 Å². The number of benzene rings is 3. The van der Waals surface area contributed by atoms with Gasteiger partial charge in [-0.2, -0.15) is 15.0 Å². The lowest BCUT2D eigenvalue weighted by atomic mass is 9.82. The number of hydrogen-bond acceptors (Lipinski definition) is 9. The molecule has 9 nitrogen and oxygen atoms in total. The molecular formula is C26H19N5O4. The average molecular weight is 465 g/mol. The minimum atomic E-state index is -0.783. The number of nitrogens with two attached hydrogens (primary N) is 1. The van der Waals surface area contributed by atoms with Crippen molar-refractivity contribution in [2.24, 2.45) is 0 Å². The number of ether oxygens (including phenoxy) is 1. The average Bonchev–Trinajstić information content (AvgIpc) is 2.86. The van der Waals surface area contributed by atoms with E-state index in [2.05, 4.69) is 20.3 Å². The predicted octanol–water partition coefficient (Wildman–Crippen LogP) is 3.64. The zero-order chi connectivity index (χ0) is 24.5. The van der Waals surface area contributed by atoms with Gasteiger partial charge in [-0.3, -0.25) is 9.59 Å². The molecule has 9 heteroatoms. The van der Waals surface area contributed by atoms with Crippen molar-refractivity contribution >= 4 is 35.1 Å². The van der Waals surface area contributed by atoms with E-state index in [1.165, 1.54) is 12.1 Å². The van der Waals surface area contributed by atoms with Crippen LogP contribution in [0.3, 0.4) is 0 Å². The van der Waals surface area contributed by atoms with E-state index in [4.69, 9.17) is 10.5 Å². The number of nitrogens with zero attached hydrogens (tertiary/aromatic N) is 3. The maximum absolute atomic E-state index is 13.1. The van der Waals surface area contributed by atoms with Crippen LogP contribution in [0, 0.1) is 6.92 Å². The predicted molar refractivity (Wildman–Crippen MR) is 128 cm³/mol. The highest BCUT2D eigenvalue weighted by Crippen LogP contribution is 2.30. The number of nitrogen functional groups attached to an aromatic ring is 1. The summed E-state index contributed by atoms with van der Waals surface area (Å²) in [7, 11) is 0. The van der Waals surface area contributed by atoms with Crippen LogP contribution in [-0.2, 0) is 11.3 Å². The van der Waals surface area contributed by atoms with Crippen molar-refractivity contribution in [3.63, 3.8) is 0 Å². The molecule has 5 rings (SSSR count). The number of rotatable bonds is 5. The van der Waals surface area contributed by atoms with Crippen molar-refractivity contribution in [3.05, 3.63) is 106 Å². The molecule has 0 fully saturated rings. The van der Waals surface area contributed by atoms with Gasteiger partial charge in [0.25, 0.3) is 0 Å². The number of nitrogens with one attached hydrogen (secondary N) is 1. The Bertz CT molecular complexity index is 1520. The van der Waals surface area contributed by atoms with Crippen LogP contribution in [-0.4, -0.2) is 32.5 Å². The number of para-hydroxylation sites is 1. The molecule has 0 atom stereocenters. The third-order valence-corrected chi connectivity index (χ3v) is 5.60. The lowest BCUT2D eigenvalue weighted by Gasteiger charge is -2.19. The summed E-state index contributed by atoms with van der Waals surface area (Å²) in [6.07, 6.45) is 0. The Hall–Kier alpha value is -4.92. The molecule has 1 aromatic heterocycles. The van der Waals surface area contributed by atoms with Crippen molar-refractivity contribution < 1.29 is 19.1 Å². The maximum atomic E-state index is 13.1. The molecule has 1 aliphatic carbocycles. The zero-order valence-electron chi connectivity index (χ0n) is 18.6. The molecule has 1 heterocycles. The fourth-order valence-corrected chi connectivity index (χ4v) is 3.92. The summed E-state index contributed by atoms with van der Waals surface area (Å²) >= 11 is 0. The molecule has 0 unspecified atom stereocenters. The summed E-state index contributed by atoms with van der Waals surface area (Å²) in [4.78, 5) is 51.4. The van der Waals surface area contributed by atoms with E-state index >= 15 is 0 Å². The highest BCUT2D eigenvalue weighted by atomic mass is 16.5. The van der Waals surface area contributed by atoms with Gasteiger partial charge < -0.3 is 15.8 Å². The van der Waals surface area contributed by atoms with Crippen LogP contribution < -0.4 is 11.1 Å². The smallest absolute Gasteiger partial charge is 0.339 e. The van der Waals surface area contributed by atoms with Crippen molar-refractivity contribution in [2.45, 2.75) is 13.5 Å². The summed E-state index contributed by atoms with van der Waals surface area (Å²) in [6.45, 7) is 1.62. The van der Waals surface area contributed by atoms with E-state index in [1.807, 2.05) is 31.2 Å². The monoisotopic (exact) mass is 465 g/mol. The van der Waals surface area contributed by atoms with Gasteiger partial charge in [0.05, 0.1) is 5.56 Å². The first-order chi connectivity index (χ1) is 16.9. The van der Waals surface area contributed by atoms with Gasteiger partial charge in [0, 0.05) is 27.9 Å². The Kier molecular flexibility index (Phi) is 5.50. The number of fused-ring (bicyclic) bond motifs is 2. The molecule has 0 amide bonds. The Morgan fingerprint density at radius 1 is 0.857 bits per heavy atom. The zero-order valence-corrected chi connectivity index (χ0v) is 18.6. The second kappa shape index (κ2) is 8.79. The van der Waals surface area contributed by atoms with Crippen LogP contribution in [0.1, 0.15) is 53.6 Å². The standard InChI is InChI=1S/C26H19N5O4/c1-14-7-2-5-12-19(14)28-26-30-20(29-25(27)31-26)13-35-24(34)18-11-6-10-17-21(18)23(33)16-9-4-3-8-15(16)22(17)32/h2-12H,13H2,1H3,(H3,27,28,29,30,31). The summed E-state index contributed by atoms with van der Waals surface area (Å²) in [5.74, 6) is -1.22. The molecule has 0 saturated carbocycles. The molecule has 3 aromatic carbocycles. The van der Waals surface area contributed by atoms with Crippen LogP contribution in [0.4, 0.5) is 17.6 Å². The van der Waals surface area contributed by atoms with E-state index < -0.39 is 11.8 Å². The van der Waals surface area contributed by atoms with Crippen LogP contribution in [0.25, 0.3) is 0 Å². The molecule has 0 bridgehead atoms. The third-order valence-electron chi connectivity index (χ3n) is 5.60. The fraction of sp³-hybridized carbons (Fsp3) is 0.0769. The van der Waals surface area contributed by atoms with E-state index in [0.29, 0.717) is 5.56 Å². The highest BCUT2D eigenvalue weighted by Gasteiger charge is 2.33. The van der Waals surface area contributed by atoms with Gasteiger partial charge >= 0.3 is 5.97 Å². The molecule has 0 spiro atoms. The van der Waals surface area contributed by atoms with E-state index in [0.717, 1.165) is 11.3 Å². The molecule has 0 saturated heterocycles. The largest absolute Gasteiger partial charge is 0.454 e. The quantitative estimate of drug-likeness (QED) is 0.373. The first-order valence-corrected chi connectivity index (χ1v) is 10.7. The Balaban J connectivity index is 1.38. The Morgan fingerprint density at radius 2 is 1.54 bits per heavy atom. The van der Waals surface area contributed by atoms with Gasteiger partial charge in [-0.1, -0.05) is 54.6 Å². The summed E-state index contributed by atoms with van der Waals surface area (Å²) < 4.78 is 5.40. The van der Waals surface area contributed by atoms with Gasteiger partial charge in [-0.05, 0) is 24.6 Å². The fourth-order valence-electron chi connectivity index (χ4n) is 3.92. The van der Waals surface area contributed by atoms with Gasteiger partial charge in [-0.15, -0.1) is 0 Å². The molecule has 3 N–H and O–H groups in total. The van der Waals surface area contributed by atoms with Crippen LogP contribution in [0.5, 0.6) is 0 Å². The molecule has 1 aliphatic rings. The minimum Gasteiger partial charge on any atom is -0.454 e. The first kappa shape index (κ1) is 21.9. The second-order valence-electron chi connectivity index (χ2n) is 7.88. The number of aromatic nitrogens is 3. The van der Waals surface area contributed by atoms with Gasteiger partial charge in [0.2, 0.25) is 11.9 Å². The topological polar surface area (TPSA) is 137 Å². The van der Waals surface area contributed by atoms with Crippen molar-refractivity contribution in [3.8, 4) is 0 Å². The molecule has 0 radical (unpaired) electrons. The molecule has 172 valence electrons. The van der Waals surface area contributed by atoms with Crippen LogP contribution >= 0.6 is 0 Å². The van der Waals surface area contributed by atoms with Crippen LogP contribution in [0.15, 0.2) is 66.7 Å². The number of carbonyl (C=O) groups excluding carboxylic acids is 3. The molecular weight excluding hydrogens is 446 g/mol. The number of aryl methyl sites for hydroxylation is 1.